The van der Waals surface area contributed by atoms with Gasteiger partial charge in [0.2, 0.25) is 0 Å². The summed E-state index contributed by atoms with van der Waals surface area (Å²) in [5.74, 6) is 4.85. The Labute approximate surface area is 566 Å². The number of aliphatic hydroxyl groups is 2. The number of carbonyl (C=O) groups excluding carboxylic acids is 2. The molecule has 5 fully saturated rings. The molecule has 504 valence electrons. The van der Waals surface area contributed by atoms with Crippen LogP contribution in [0.2, 0.25) is 0 Å². The summed E-state index contributed by atoms with van der Waals surface area (Å²) in [6.07, 6.45) is 23.9. The van der Waals surface area contributed by atoms with Crippen LogP contribution in [0.15, 0.2) is 143 Å². The highest BCUT2D eigenvalue weighted by Gasteiger charge is 2.66. The van der Waals surface area contributed by atoms with Crippen molar-refractivity contribution < 1.29 is 29.6 Å². The fourth-order valence-electron chi connectivity index (χ4n) is 19.4. The summed E-state index contributed by atoms with van der Waals surface area (Å²) in [5.41, 5.74) is 23.9. The number of aliphatic hydroxyl groups excluding tert-OH is 2. The number of piperidine rings is 1. The Bertz CT molecular complexity index is 3410. The van der Waals surface area contributed by atoms with Crippen LogP contribution in [0.1, 0.15) is 130 Å². The van der Waals surface area contributed by atoms with Crippen LogP contribution in [0.5, 0.6) is 11.5 Å². The summed E-state index contributed by atoms with van der Waals surface area (Å²) in [6.45, 7) is 5.73. The van der Waals surface area contributed by atoms with E-state index in [4.69, 9.17) is 21.2 Å². The average Bonchev–Trinajstić information content (AvgIpc) is 1.53. The maximum absolute atomic E-state index is 14.8. The Balaban J connectivity index is 0.881. The number of guanidine groups is 1. The van der Waals surface area contributed by atoms with Crippen LogP contribution < -0.4 is 42.8 Å². The maximum Gasteiger partial charge on any atom is 0.189 e. The highest BCUT2D eigenvalue weighted by atomic mass is 33.1. The predicted molar refractivity (Wildman–Crippen MR) is 383 cm³/mol. The van der Waals surface area contributed by atoms with Crippen LogP contribution in [-0.2, 0) is 41.7 Å². The lowest BCUT2D eigenvalue weighted by atomic mass is 9.52. The van der Waals surface area contributed by atoms with Gasteiger partial charge in [0, 0.05) is 50.1 Å². The molecule has 7 bridgehead atoms. The number of ketones is 2. The highest BCUT2D eigenvalue weighted by Crippen LogP contribution is 2.71. The number of nitrogens with two attached hydrogens (primary N) is 2. The number of carbonyl (C=O) groups is 2. The third-order valence-corrected chi connectivity index (χ3v) is 25.5. The molecule has 4 saturated carbocycles. The van der Waals surface area contributed by atoms with E-state index in [9.17, 15) is 24.9 Å². The molecule has 1 unspecified atom stereocenters. The molecule has 94 heavy (non-hydrogen) atoms. The van der Waals surface area contributed by atoms with Crippen LogP contribution in [0.3, 0.4) is 0 Å². The van der Waals surface area contributed by atoms with E-state index in [0.717, 1.165) is 126 Å². The van der Waals surface area contributed by atoms with Gasteiger partial charge in [0.05, 0.1) is 38.3 Å². The molecule has 5 heterocycles. The number of phenols is 1. The van der Waals surface area contributed by atoms with E-state index >= 15 is 0 Å². The number of methoxy groups -OCH3 is 1. The van der Waals surface area contributed by atoms with Crippen molar-refractivity contribution >= 4 is 44.7 Å². The van der Waals surface area contributed by atoms with Gasteiger partial charge in [-0.1, -0.05) is 119 Å². The smallest absolute Gasteiger partial charge is 0.189 e. The van der Waals surface area contributed by atoms with E-state index in [-0.39, 0.29) is 52.3 Å². The fraction of sp³-hybridized carbons (Fsp3) is 0.551. The molecule has 14 nitrogen and oxygen atoms in total. The quantitative estimate of drug-likeness (QED) is 0.0286. The Morgan fingerprint density at radius 3 is 2.39 bits per heavy atom. The number of hydrogen-bond donors (Lipinski definition) is 10. The number of Topliss-reactive ketones (excluding diaryl/α,β-unsaturated/α-hetero) is 1. The number of aromatic hydroxyl groups is 1. The number of benzene rings is 4. The molecular formula is C78H104N8O6S2. The van der Waals surface area contributed by atoms with Gasteiger partial charge in [0.15, 0.2) is 23.2 Å². The van der Waals surface area contributed by atoms with E-state index in [2.05, 4.69) is 124 Å². The summed E-state index contributed by atoms with van der Waals surface area (Å²) in [6, 6.07) is 34.4. The summed E-state index contributed by atoms with van der Waals surface area (Å²) in [5, 5.41) is 53.0. The maximum atomic E-state index is 14.8. The van der Waals surface area contributed by atoms with Gasteiger partial charge < -0.3 is 58.1 Å². The third-order valence-electron chi connectivity index (χ3n) is 23.5. The number of nitrogens with one attached hydrogen (secondary N) is 5. The normalized spacial score (nSPS) is 31.8. The second-order valence-electron chi connectivity index (χ2n) is 29.3. The average molecular weight is 1310 g/mol. The van der Waals surface area contributed by atoms with Crippen LogP contribution in [-0.4, -0.2) is 115 Å². The minimum atomic E-state index is -0.489. The predicted octanol–water partition coefficient (Wildman–Crippen LogP) is 10.9. The van der Waals surface area contributed by atoms with Crippen molar-refractivity contribution in [1.82, 2.24) is 26.6 Å². The molecule has 13 rings (SSSR count). The zero-order valence-electron chi connectivity index (χ0n) is 55.6. The minimum absolute atomic E-state index is 0.00425. The molecule has 0 aromatic heterocycles. The molecule has 12 N–H and O–H groups in total. The van der Waals surface area contributed by atoms with Crippen LogP contribution >= 0.6 is 21.6 Å². The fourth-order valence-corrected chi connectivity index (χ4v) is 21.2. The molecular weight excluding hydrogens is 1210 g/mol. The number of dihydropyridines is 1. The number of phenolic OH excluding ortho intramolecular Hbond substituents is 1. The number of fused-ring (bicyclic) bond motifs is 14. The first-order chi connectivity index (χ1) is 45.8. The SMILES string of the molecule is COc1cc2c(cc1O)CC1=CNC(N)C(=C1CCc1cccc(CCc3ccccc3)c1)CSSCN=C(N)NC[C@@H](CCc1ccccc1)[C@@H]1CC[C@@]3(C1)[C@@H](NC[C@H](C)O)C[C@]1(C[C@H]4[C@@H]5CCNC[C@@H]5C[C@@H]5C=CCN[C@@H]45)C[C@H](CC[C@@H]13)CC(=O)CC(=O)/C=C/2CO. The largest absolute Gasteiger partial charge is 0.504 e. The first kappa shape index (κ1) is 68.3. The molecule has 4 aromatic rings. The van der Waals surface area contributed by atoms with Gasteiger partial charge in [0.1, 0.15) is 5.78 Å². The van der Waals surface area contributed by atoms with Gasteiger partial charge in [-0.2, -0.15) is 0 Å². The molecule has 16 heteroatoms. The summed E-state index contributed by atoms with van der Waals surface area (Å²) in [7, 11) is 4.85. The zero-order valence-corrected chi connectivity index (χ0v) is 57.2. The number of nitrogens with zero attached hydrogens (tertiary/aromatic N) is 1. The van der Waals surface area contributed by atoms with Crippen molar-refractivity contribution in [2.75, 3.05) is 58.1 Å². The Kier molecular flexibility index (Phi) is 23.0. The molecule has 5 aliphatic heterocycles. The molecule has 0 radical (unpaired) electrons. The topological polar surface area (TPSA) is 229 Å². The number of allylic oxidation sites excluding steroid dienone is 3. The summed E-state index contributed by atoms with van der Waals surface area (Å²) >= 11 is 0. The van der Waals surface area contributed by atoms with Gasteiger partial charge in [-0.3, -0.25) is 9.59 Å². The number of rotatable bonds is 16. The lowest BCUT2D eigenvalue weighted by Gasteiger charge is -2.55. The van der Waals surface area contributed by atoms with E-state index < -0.39 is 18.9 Å². The minimum Gasteiger partial charge on any atom is -0.504 e. The monoisotopic (exact) mass is 1310 g/mol. The lowest BCUT2D eigenvalue weighted by Crippen LogP contribution is -2.57. The second kappa shape index (κ2) is 31.7. The summed E-state index contributed by atoms with van der Waals surface area (Å²) < 4.78 is 5.69. The first-order valence-corrected chi connectivity index (χ1v) is 37.9. The van der Waals surface area contributed by atoms with E-state index in [1.54, 1.807) is 33.7 Å². The van der Waals surface area contributed by atoms with Crippen molar-refractivity contribution in [2.45, 2.75) is 153 Å². The van der Waals surface area contributed by atoms with Crippen molar-refractivity contribution in [2.24, 2.45) is 74.6 Å². The number of ether oxygens (including phenoxy) is 1. The molecule has 0 amide bonds. The molecule has 1 saturated heterocycles. The molecule has 4 aromatic carbocycles. The standard InChI is InChI=1S/C78H104N8O6S2/c1-50(88)43-83-73-42-77(41-68-66-27-30-81-44-60(66)33-56-17-10-29-82-74(56)68)39-55-22-25-72(77)78(73)28-26-57(40-78)58(23-20-52-13-7-4-8-14-52)45-85-76(80)86-49-94-93-48-69-65(24-21-54-16-9-15-53(31-54)19-18-51-11-5-3-6-12-51)61(46-84-75(69)79)34-59-36-70(91)71(92-2)38-67(59)62(47-87)35-64(90)37-63(89)32-55/h3-17,31,35-36,38,46,50,55-58,60,66,68,72-75,81-84,87-88,91H,18-30,32-34,37,39-45,47-49,79H2,1-2H3,(H3,80,85,86)/b62-35+/t50-,55+,56-,57+,58+,60-,66+,68-,72-,73-,74+,75?,77+,78-/m0/s1. The van der Waals surface area contributed by atoms with Crippen LogP contribution in [0.25, 0.3) is 5.57 Å². The molecule has 1 spiro atoms. The van der Waals surface area contributed by atoms with Crippen LogP contribution in [0, 0.1) is 58.2 Å². The van der Waals surface area contributed by atoms with E-state index in [0.29, 0.717) is 108 Å². The van der Waals surface area contributed by atoms with Gasteiger partial charge in [-0.15, -0.1) is 0 Å². The molecule has 4 aliphatic carbocycles. The third kappa shape index (κ3) is 16.1. The van der Waals surface area contributed by atoms with Gasteiger partial charge in [-0.25, -0.2) is 4.99 Å². The Morgan fingerprint density at radius 2 is 1.62 bits per heavy atom. The van der Waals surface area contributed by atoms with Crippen molar-refractivity contribution in [1.29, 1.82) is 0 Å². The second-order valence-corrected chi connectivity index (χ2v) is 31.7. The molecule has 14 atom stereocenters. The highest BCUT2D eigenvalue weighted by molar-refractivity contribution is 8.76. The van der Waals surface area contributed by atoms with Gasteiger partial charge in [0.25, 0.3) is 0 Å². The van der Waals surface area contributed by atoms with Crippen molar-refractivity contribution in [3.05, 3.63) is 172 Å². The van der Waals surface area contributed by atoms with Crippen molar-refractivity contribution in [3.63, 3.8) is 0 Å². The van der Waals surface area contributed by atoms with E-state index in [1.807, 2.05) is 13.1 Å². The van der Waals surface area contributed by atoms with Gasteiger partial charge >= 0.3 is 0 Å². The number of aryl methyl sites for hydroxylation is 4. The number of hydrogen-bond acceptors (Lipinski definition) is 16. The van der Waals surface area contributed by atoms with Crippen molar-refractivity contribution in [3.8, 4) is 11.5 Å². The van der Waals surface area contributed by atoms with Crippen LogP contribution in [0.4, 0.5) is 0 Å². The van der Waals surface area contributed by atoms with Gasteiger partial charge in [-0.05, 0) is 261 Å². The number of aliphatic imine (C=N–C) groups is 1. The zero-order chi connectivity index (χ0) is 65.2. The summed E-state index contributed by atoms with van der Waals surface area (Å²) in [4.78, 5) is 34.3. The lowest BCUT2D eigenvalue weighted by molar-refractivity contribution is -0.126. The Hall–Kier alpha value is -5.69. The van der Waals surface area contributed by atoms with E-state index in [1.165, 1.54) is 48.3 Å². The molecule has 9 aliphatic rings. The first-order valence-electron chi connectivity index (χ1n) is 35.4. The Morgan fingerprint density at radius 1 is 0.851 bits per heavy atom.